The van der Waals surface area contributed by atoms with Crippen molar-refractivity contribution in [3.63, 3.8) is 0 Å². The Kier molecular flexibility index (Phi) is 4.71. The molecule has 112 valence electrons. The average Bonchev–Trinajstić information content (AvgIpc) is 2.91. The molecule has 3 rings (SSSR count). The van der Waals surface area contributed by atoms with Crippen molar-refractivity contribution in [2.24, 2.45) is 0 Å². The first-order valence-electron chi connectivity index (χ1n) is 6.35. The smallest absolute Gasteiger partial charge is 0.257 e. The number of anilines is 1. The molecule has 3 aromatic rings. The zero-order chi connectivity index (χ0) is 15.5. The molecule has 0 unspecified atom stereocenters. The molecule has 0 saturated heterocycles. The standard InChI is InChI=1S/C15H10BrClN2O2S/c16-9-5-6-11(10(17)7-9)18-14(20)8-22-15-19-12-3-1-2-4-13(12)21-15/h1-7H,8H2,(H,18,20). The van der Waals surface area contributed by atoms with Gasteiger partial charge in [-0.1, -0.05) is 51.4 Å². The van der Waals surface area contributed by atoms with Gasteiger partial charge >= 0.3 is 0 Å². The highest BCUT2D eigenvalue weighted by atomic mass is 79.9. The fourth-order valence-corrected chi connectivity index (χ4v) is 3.18. The number of hydrogen-bond donors (Lipinski definition) is 1. The van der Waals surface area contributed by atoms with Crippen LogP contribution in [-0.2, 0) is 4.79 Å². The second kappa shape index (κ2) is 6.73. The SMILES string of the molecule is O=C(CSc1nc2ccccc2o1)Nc1ccc(Br)cc1Cl. The molecule has 0 aliphatic rings. The largest absolute Gasteiger partial charge is 0.431 e. The van der Waals surface area contributed by atoms with Gasteiger partial charge in [-0.3, -0.25) is 4.79 Å². The number of halogens is 2. The van der Waals surface area contributed by atoms with E-state index in [0.29, 0.717) is 21.5 Å². The molecular formula is C15H10BrClN2O2S. The molecule has 0 spiro atoms. The highest BCUT2D eigenvalue weighted by Crippen LogP contribution is 2.27. The zero-order valence-electron chi connectivity index (χ0n) is 11.2. The third-order valence-corrected chi connectivity index (χ3v) is 4.44. The van der Waals surface area contributed by atoms with Crippen molar-refractivity contribution in [3.8, 4) is 0 Å². The molecule has 1 N–H and O–H groups in total. The van der Waals surface area contributed by atoms with Crippen LogP contribution in [0, 0.1) is 0 Å². The highest BCUT2D eigenvalue weighted by Gasteiger charge is 2.10. The van der Waals surface area contributed by atoms with Crippen LogP contribution in [0.2, 0.25) is 5.02 Å². The average molecular weight is 398 g/mol. The van der Waals surface area contributed by atoms with Crippen LogP contribution < -0.4 is 5.32 Å². The van der Waals surface area contributed by atoms with Gasteiger partial charge in [0, 0.05) is 4.47 Å². The van der Waals surface area contributed by atoms with Crippen LogP contribution in [0.5, 0.6) is 0 Å². The van der Waals surface area contributed by atoms with E-state index in [1.807, 2.05) is 30.3 Å². The van der Waals surface area contributed by atoms with Gasteiger partial charge in [0.05, 0.1) is 16.5 Å². The third-order valence-electron chi connectivity index (χ3n) is 2.81. The van der Waals surface area contributed by atoms with Crippen molar-refractivity contribution < 1.29 is 9.21 Å². The summed E-state index contributed by atoms with van der Waals surface area (Å²) in [4.78, 5) is 16.3. The van der Waals surface area contributed by atoms with Crippen molar-refractivity contribution in [2.75, 3.05) is 11.1 Å². The summed E-state index contributed by atoms with van der Waals surface area (Å²) in [5, 5.41) is 3.71. The molecule has 1 amide bonds. The summed E-state index contributed by atoms with van der Waals surface area (Å²) >= 11 is 10.6. The number of carbonyl (C=O) groups is 1. The maximum absolute atomic E-state index is 12.0. The third kappa shape index (κ3) is 3.63. The first-order valence-corrected chi connectivity index (χ1v) is 8.51. The monoisotopic (exact) mass is 396 g/mol. The number of fused-ring (bicyclic) bond motifs is 1. The van der Waals surface area contributed by atoms with Crippen LogP contribution in [0.25, 0.3) is 11.1 Å². The molecule has 7 heteroatoms. The Bertz CT molecular complexity index is 804. The van der Waals surface area contributed by atoms with Crippen LogP contribution in [0.4, 0.5) is 5.69 Å². The second-order valence-electron chi connectivity index (χ2n) is 4.41. The number of hydrogen-bond acceptors (Lipinski definition) is 4. The first-order chi connectivity index (χ1) is 10.6. The zero-order valence-corrected chi connectivity index (χ0v) is 14.3. The summed E-state index contributed by atoms with van der Waals surface area (Å²) in [6.45, 7) is 0. The maximum Gasteiger partial charge on any atom is 0.257 e. The Labute approximate surface area is 144 Å². The molecule has 0 saturated carbocycles. The minimum absolute atomic E-state index is 0.170. The molecule has 1 aromatic heterocycles. The molecule has 1 heterocycles. The normalized spacial score (nSPS) is 10.8. The number of carbonyl (C=O) groups excluding carboxylic acids is 1. The Morgan fingerprint density at radius 2 is 2.14 bits per heavy atom. The molecule has 4 nitrogen and oxygen atoms in total. The summed E-state index contributed by atoms with van der Waals surface area (Å²) in [7, 11) is 0. The van der Waals surface area contributed by atoms with Crippen LogP contribution >= 0.6 is 39.3 Å². The van der Waals surface area contributed by atoms with Gasteiger partial charge in [-0.25, -0.2) is 4.98 Å². The van der Waals surface area contributed by atoms with Crippen molar-refractivity contribution in [1.29, 1.82) is 0 Å². The Hall–Kier alpha value is -1.50. The van der Waals surface area contributed by atoms with E-state index in [2.05, 4.69) is 26.2 Å². The van der Waals surface area contributed by atoms with E-state index in [-0.39, 0.29) is 11.7 Å². The number of aromatic nitrogens is 1. The first kappa shape index (κ1) is 15.4. The maximum atomic E-state index is 12.0. The quantitative estimate of drug-likeness (QED) is 0.631. The number of oxazole rings is 1. The molecule has 2 aromatic carbocycles. The number of para-hydroxylation sites is 2. The van der Waals surface area contributed by atoms with Gasteiger partial charge in [0.25, 0.3) is 5.22 Å². The second-order valence-corrected chi connectivity index (χ2v) is 6.66. The minimum atomic E-state index is -0.170. The van der Waals surface area contributed by atoms with Crippen LogP contribution in [0.15, 0.2) is 56.6 Å². The Morgan fingerprint density at radius 3 is 2.91 bits per heavy atom. The van der Waals surface area contributed by atoms with E-state index >= 15 is 0 Å². The Balaban J connectivity index is 1.62. The fraction of sp³-hybridized carbons (Fsp3) is 0.0667. The predicted octanol–water partition coefficient (Wildman–Crippen LogP) is 4.97. The molecule has 0 aliphatic heterocycles. The van der Waals surface area contributed by atoms with Gasteiger partial charge in [-0.15, -0.1) is 0 Å². The summed E-state index contributed by atoms with van der Waals surface area (Å²) < 4.78 is 6.41. The van der Waals surface area contributed by atoms with E-state index in [0.717, 1.165) is 9.99 Å². The molecule has 0 radical (unpaired) electrons. The van der Waals surface area contributed by atoms with E-state index in [1.54, 1.807) is 12.1 Å². The van der Waals surface area contributed by atoms with E-state index < -0.39 is 0 Å². The number of benzene rings is 2. The lowest BCUT2D eigenvalue weighted by Gasteiger charge is -2.06. The summed E-state index contributed by atoms with van der Waals surface area (Å²) in [5.41, 5.74) is 2.07. The van der Waals surface area contributed by atoms with Crippen LogP contribution in [-0.4, -0.2) is 16.6 Å². The minimum Gasteiger partial charge on any atom is -0.431 e. The topological polar surface area (TPSA) is 55.1 Å². The lowest BCUT2D eigenvalue weighted by molar-refractivity contribution is -0.113. The highest BCUT2D eigenvalue weighted by molar-refractivity contribution is 9.10. The number of nitrogens with one attached hydrogen (secondary N) is 1. The number of rotatable bonds is 4. The van der Waals surface area contributed by atoms with E-state index in [9.17, 15) is 4.79 Å². The fourth-order valence-electron chi connectivity index (χ4n) is 1.82. The van der Waals surface area contributed by atoms with E-state index in [4.69, 9.17) is 16.0 Å². The van der Waals surface area contributed by atoms with Crippen molar-refractivity contribution in [2.45, 2.75) is 5.22 Å². The van der Waals surface area contributed by atoms with Crippen molar-refractivity contribution in [1.82, 2.24) is 4.98 Å². The number of nitrogens with zero attached hydrogens (tertiary/aromatic N) is 1. The van der Waals surface area contributed by atoms with Gasteiger partial charge in [-0.05, 0) is 30.3 Å². The van der Waals surface area contributed by atoms with Gasteiger partial charge in [-0.2, -0.15) is 0 Å². The van der Waals surface area contributed by atoms with Gasteiger partial charge in [0.15, 0.2) is 5.58 Å². The lowest BCUT2D eigenvalue weighted by atomic mass is 10.3. The Morgan fingerprint density at radius 1 is 1.32 bits per heavy atom. The molecule has 0 atom stereocenters. The summed E-state index contributed by atoms with van der Waals surface area (Å²) in [6.07, 6.45) is 0. The summed E-state index contributed by atoms with van der Waals surface area (Å²) in [6, 6.07) is 12.8. The lowest BCUT2D eigenvalue weighted by Crippen LogP contribution is -2.14. The molecule has 0 aliphatic carbocycles. The molecule has 22 heavy (non-hydrogen) atoms. The van der Waals surface area contributed by atoms with E-state index in [1.165, 1.54) is 11.8 Å². The van der Waals surface area contributed by atoms with Gasteiger partial charge < -0.3 is 9.73 Å². The molecule has 0 fully saturated rings. The molecular weight excluding hydrogens is 388 g/mol. The number of amides is 1. The molecule has 0 bridgehead atoms. The summed E-state index contributed by atoms with van der Waals surface area (Å²) in [5.74, 6) is 0.0237. The van der Waals surface area contributed by atoms with Gasteiger partial charge in [0.2, 0.25) is 5.91 Å². The predicted molar refractivity (Wildman–Crippen MR) is 92.5 cm³/mol. The number of thioether (sulfide) groups is 1. The van der Waals surface area contributed by atoms with Crippen molar-refractivity contribution in [3.05, 3.63) is 52.0 Å². The van der Waals surface area contributed by atoms with Crippen molar-refractivity contribution >= 4 is 62.0 Å². The van der Waals surface area contributed by atoms with Crippen LogP contribution in [0.1, 0.15) is 0 Å². The van der Waals surface area contributed by atoms with Crippen LogP contribution in [0.3, 0.4) is 0 Å². The van der Waals surface area contributed by atoms with Gasteiger partial charge in [0.1, 0.15) is 5.52 Å².